The summed E-state index contributed by atoms with van der Waals surface area (Å²) in [5, 5.41) is 4.13. The fraction of sp³-hybridized carbons (Fsp3) is 0.200. The van der Waals surface area contributed by atoms with Crippen molar-refractivity contribution in [2.45, 2.75) is 13.0 Å². The summed E-state index contributed by atoms with van der Waals surface area (Å²) in [6.07, 6.45) is 5.32. The molecular formula is C10H12N4. The first-order valence-corrected chi connectivity index (χ1v) is 4.49. The topological polar surface area (TPSA) is 56.7 Å². The van der Waals surface area contributed by atoms with Crippen molar-refractivity contribution >= 4 is 0 Å². The molecule has 14 heavy (non-hydrogen) atoms. The van der Waals surface area contributed by atoms with E-state index >= 15 is 0 Å². The van der Waals surface area contributed by atoms with E-state index in [4.69, 9.17) is 5.73 Å². The van der Waals surface area contributed by atoms with Gasteiger partial charge in [-0.25, -0.2) is 9.67 Å². The SMILES string of the molecule is C[C@@H](N)c1cccnc1-n1cccn1. The van der Waals surface area contributed by atoms with Crippen molar-refractivity contribution in [1.29, 1.82) is 0 Å². The van der Waals surface area contributed by atoms with Crippen molar-refractivity contribution in [1.82, 2.24) is 14.8 Å². The molecule has 0 bridgehead atoms. The van der Waals surface area contributed by atoms with Crippen LogP contribution in [-0.2, 0) is 0 Å². The highest BCUT2D eigenvalue weighted by Crippen LogP contribution is 2.15. The molecule has 0 saturated heterocycles. The standard InChI is InChI=1S/C10H12N4/c1-8(11)9-4-2-5-12-10(9)14-7-3-6-13-14/h2-8H,11H2,1H3/t8-/m1/s1. The molecule has 0 aliphatic carbocycles. The van der Waals surface area contributed by atoms with Crippen LogP contribution < -0.4 is 5.73 Å². The van der Waals surface area contributed by atoms with Gasteiger partial charge >= 0.3 is 0 Å². The zero-order chi connectivity index (χ0) is 9.97. The molecule has 0 spiro atoms. The van der Waals surface area contributed by atoms with E-state index in [1.54, 1.807) is 17.1 Å². The fourth-order valence-corrected chi connectivity index (χ4v) is 1.35. The van der Waals surface area contributed by atoms with E-state index in [1.807, 2.05) is 31.3 Å². The largest absolute Gasteiger partial charge is 0.324 e. The van der Waals surface area contributed by atoms with Gasteiger partial charge in [0.1, 0.15) is 0 Å². The second-order valence-electron chi connectivity index (χ2n) is 3.16. The van der Waals surface area contributed by atoms with Crippen molar-refractivity contribution in [3.63, 3.8) is 0 Å². The summed E-state index contributed by atoms with van der Waals surface area (Å²) in [5.74, 6) is 0.799. The lowest BCUT2D eigenvalue weighted by molar-refractivity contribution is 0.761. The number of aromatic nitrogens is 3. The molecule has 0 unspecified atom stereocenters. The first-order chi connectivity index (χ1) is 6.79. The first-order valence-electron chi connectivity index (χ1n) is 4.49. The molecule has 0 amide bonds. The highest BCUT2D eigenvalue weighted by Gasteiger charge is 2.08. The molecule has 2 heterocycles. The Kier molecular flexibility index (Phi) is 2.28. The predicted molar refractivity (Wildman–Crippen MR) is 54.0 cm³/mol. The van der Waals surface area contributed by atoms with Crippen LogP contribution in [0.5, 0.6) is 0 Å². The maximum Gasteiger partial charge on any atom is 0.158 e. The fourth-order valence-electron chi connectivity index (χ4n) is 1.35. The molecule has 0 aromatic carbocycles. The minimum atomic E-state index is -0.0390. The number of pyridine rings is 1. The summed E-state index contributed by atoms with van der Waals surface area (Å²) >= 11 is 0. The number of hydrogen-bond acceptors (Lipinski definition) is 3. The lowest BCUT2D eigenvalue weighted by Crippen LogP contribution is -2.11. The number of rotatable bonds is 2. The van der Waals surface area contributed by atoms with E-state index in [2.05, 4.69) is 10.1 Å². The number of nitrogens with zero attached hydrogens (tertiary/aromatic N) is 3. The smallest absolute Gasteiger partial charge is 0.158 e. The molecule has 0 fully saturated rings. The molecule has 4 heteroatoms. The Morgan fingerprint density at radius 2 is 2.21 bits per heavy atom. The van der Waals surface area contributed by atoms with Gasteiger partial charge in [-0.3, -0.25) is 0 Å². The minimum absolute atomic E-state index is 0.0390. The molecule has 0 radical (unpaired) electrons. The summed E-state index contributed by atoms with van der Waals surface area (Å²) in [6, 6.07) is 5.67. The van der Waals surface area contributed by atoms with Crippen LogP contribution in [-0.4, -0.2) is 14.8 Å². The number of hydrogen-bond donors (Lipinski definition) is 1. The normalized spacial score (nSPS) is 12.7. The molecule has 1 atom stereocenters. The Bertz CT molecular complexity index is 406. The maximum atomic E-state index is 5.84. The molecule has 2 aromatic heterocycles. The first kappa shape index (κ1) is 8.90. The Labute approximate surface area is 82.4 Å². The molecular weight excluding hydrogens is 176 g/mol. The molecule has 0 aliphatic heterocycles. The van der Waals surface area contributed by atoms with Crippen LogP contribution >= 0.6 is 0 Å². The van der Waals surface area contributed by atoms with Gasteiger partial charge in [-0.1, -0.05) is 6.07 Å². The van der Waals surface area contributed by atoms with Gasteiger partial charge in [0.2, 0.25) is 0 Å². The quantitative estimate of drug-likeness (QED) is 0.772. The van der Waals surface area contributed by atoms with Gasteiger partial charge in [0, 0.05) is 30.2 Å². The molecule has 4 nitrogen and oxygen atoms in total. The van der Waals surface area contributed by atoms with E-state index in [0.717, 1.165) is 11.4 Å². The van der Waals surface area contributed by atoms with E-state index < -0.39 is 0 Å². The third-order valence-electron chi connectivity index (χ3n) is 2.03. The molecule has 72 valence electrons. The van der Waals surface area contributed by atoms with E-state index in [-0.39, 0.29) is 6.04 Å². The average Bonchev–Trinajstić information content (AvgIpc) is 2.70. The monoisotopic (exact) mass is 188 g/mol. The average molecular weight is 188 g/mol. The van der Waals surface area contributed by atoms with Gasteiger partial charge in [-0.2, -0.15) is 5.10 Å². The van der Waals surface area contributed by atoms with Crippen molar-refractivity contribution in [3.8, 4) is 5.82 Å². The Balaban J connectivity index is 2.53. The number of nitrogens with two attached hydrogens (primary N) is 1. The summed E-state index contributed by atoms with van der Waals surface area (Å²) in [4.78, 5) is 4.26. The van der Waals surface area contributed by atoms with E-state index in [0.29, 0.717) is 0 Å². The molecule has 2 N–H and O–H groups in total. The third-order valence-corrected chi connectivity index (χ3v) is 2.03. The van der Waals surface area contributed by atoms with Gasteiger partial charge < -0.3 is 5.73 Å². The third kappa shape index (κ3) is 1.52. The summed E-state index contributed by atoms with van der Waals surface area (Å²) in [6.45, 7) is 1.93. The van der Waals surface area contributed by atoms with Crippen LogP contribution in [0.15, 0.2) is 36.8 Å². The van der Waals surface area contributed by atoms with Crippen molar-refractivity contribution in [2.75, 3.05) is 0 Å². The van der Waals surface area contributed by atoms with Crippen molar-refractivity contribution in [3.05, 3.63) is 42.4 Å². The van der Waals surface area contributed by atoms with Gasteiger partial charge in [0.15, 0.2) is 5.82 Å². The minimum Gasteiger partial charge on any atom is -0.324 e. The lowest BCUT2D eigenvalue weighted by Gasteiger charge is -2.10. The Morgan fingerprint density at radius 1 is 1.36 bits per heavy atom. The second-order valence-corrected chi connectivity index (χ2v) is 3.16. The van der Waals surface area contributed by atoms with Gasteiger partial charge in [0.25, 0.3) is 0 Å². The molecule has 2 rings (SSSR count). The van der Waals surface area contributed by atoms with Gasteiger partial charge in [-0.05, 0) is 19.1 Å². The lowest BCUT2D eigenvalue weighted by atomic mass is 10.1. The van der Waals surface area contributed by atoms with E-state index in [9.17, 15) is 0 Å². The summed E-state index contributed by atoms with van der Waals surface area (Å²) in [7, 11) is 0. The second kappa shape index (κ2) is 3.59. The van der Waals surface area contributed by atoms with E-state index in [1.165, 1.54) is 0 Å². The van der Waals surface area contributed by atoms with Gasteiger partial charge in [0.05, 0.1) is 0 Å². The molecule has 2 aromatic rings. The highest BCUT2D eigenvalue weighted by atomic mass is 15.3. The van der Waals surface area contributed by atoms with Crippen LogP contribution in [0, 0.1) is 0 Å². The van der Waals surface area contributed by atoms with Gasteiger partial charge in [-0.15, -0.1) is 0 Å². The predicted octanol–water partition coefficient (Wildman–Crippen LogP) is 1.29. The highest BCUT2D eigenvalue weighted by molar-refractivity contribution is 5.34. The summed E-state index contributed by atoms with van der Waals surface area (Å²) in [5.41, 5.74) is 6.84. The zero-order valence-corrected chi connectivity index (χ0v) is 7.96. The van der Waals surface area contributed by atoms with Crippen molar-refractivity contribution < 1.29 is 0 Å². The molecule has 0 aliphatic rings. The molecule has 0 saturated carbocycles. The maximum absolute atomic E-state index is 5.84. The van der Waals surface area contributed by atoms with Crippen molar-refractivity contribution in [2.24, 2.45) is 5.73 Å². The van der Waals surface area contributed by atoms with Crippen LogP contribution in [0.2, 0.25) is 0 Å². The Morgan fingerprint density at radius 3 is 2.86 bits per heavy atom. The Hall–Kier alpha value is -1.68. The van der Waals surface area contributed by atoms with Crippen LogP contribution in [0.4, 0.5) is 0 Å². The summed E-state index contributed by atoms with van der Waals surface area (Å²) < 4.78 is 1.72. The van der Waals surface area contributed by atoms with Crippen LogP contribution in [0.1, 0.15) is 18.5 Å². The van der Waals surface area contributed by atoms with Crippen LogP contribution in [0.25, 0.3) is 5.82 Å². The van der Waals surface area contributed by atoms with Crippen LogP contribution in [0.3, 0.4) is 0 Å². The zero-order valence-electron chi connectivity index (χ0n) is 7.96.